The van der Waals surface area contributed by atoms with Crippen LogP contribution in [0.2, 0.25) is 0 Å². The van der Waals surface area contributed by atoms with Crippen LogP contribution in [-0.4, -0.2) is 18.2 Å². The fourth-order valence-corrected chi connectivity index (χ4v) is 3.73. The van der Waals surface area contributed by atoms with E-state index in [1.54, 1.807) is 0 Å². The quantitative estimate of drug-likeness (QED) is 0.152. The molecule has 29 heavy (non-hydrogen) atoms. The van der Waals surface area contributed by atoms with Crippen LogP contribution in [-0.2, 0) is 14.3 Å². The molecule has 0 aliphatic heterocycles. The van der Waals surface area contributed by atoms with E-state index < -0.39 is 11.6 Å². The highest BCUT2D eigenvalue weighted by Crippen LogP contribution is 2.33. The molecule has 166 valence electrons. The Kier molecular flexibility index (Phi) is 12.9. The number of unbranched alkanes of at least 4 members (excludes halogenated alkanes) is 13. The molecule has 0 aromatic carbocycles. The molecular formula is C26H44O3. The number of ether oxygens (including phenoxy) is 1. The Morgan fingerprint density at radius 3 is 1.52 bits per heavy atom. The zero-order valence-corrected chi connectivity index (χ0v) is 19.5. The van der Waals surface area contributed by atoms with Gasteiger partial charge in [0, 0.05) is 11.6 Å². The van der Waals surface area contributed by atoms with E-state index in [1.807, 2.05) is 20.8 Å². The van der Waals surface area contributed by atoms with Gasteiger partial charge in [-0.1, -0.05) is 111 Å². The maximum Gasteiger partial charge on any atom is 0.229 e. The van der Waals surface area contributed by atoms with Gasteiger partial charge in [0.2, 0.25) is 11.6 Å². The third-order valence-corrected chi connectivity index (χ3v) is 5.61. The molecule has 3 nitrogen and oxygen atoms in total. The van der Waals surface area contributed by atoms with E-state index >= 15 is 0 Å². The number of rotatable bonds is 16. The summed E-state index contributed by atoms with van der Waals surface area (Å²) in [6.07, 6.45) is 21.4. The number of ketones is 2. The lowest BCUT2D eigenvalue weighted by molar-refractivity contribution is -0.131. The van der Waals surface area contributed by atoms with E-state index in [2.05, 4.69) is 6.92 Å². The first-order chi connectivity index (χ1) is 13.9. The molecule has 0 aromatic rings. The van der Waals surface area contributed by atoms with E-state index in [0.717, 1.165) is 18.4 Å². The van der Waals surface area contributed by atoms with Crippen molar-refractivity contribution in [3.8, 4) is 0 Å². The van der Waals surface area contributed by atoms with Crippen molar-refractivity contribution >= 4 is 11.6 Å². The molecule has 0 bridgehead atoms. The molecule has 0 unspecified atom stereocenters. The number of hydrogen-bond acceptors (Lipinski definition) is 3. The summed E-state index contributed by atoms with van der Waals surface area (Å²) in [6, 6.07) is 0. The summed E-state index contributed by atoms with van der Waals surface area (Å²) >= 11 is 0. The van der Waals surface area contributed by atoms with Crippen molar-refractivity contribution in [3.05, 3.63) is 23.5 Å². The summed E-state index contributed by atoms with van der Waals surface area (Å²) in [6.45, 7) is 8.98. The highest BCUT2D eigenvalue weighted by molar-refractivity contribution is 6.46. The van der Waals surface area contributed by atoms with Gasteiger partial charge in [-0.3, -0.25) is 9.59 Å². The lowest BCUT2D eigenvalue weighted by Gasteiger charge is -2.26. The second kappa shape index (κ2) is 14.6. The molecule has 3 heteroatoms. The maximum atomic E-state index is 11.7. The van der Waals surface area contributed by atoms with Gasteiger partial charge in [0.05, 0.1) is 6.61 Å². The number of carbonyl (C=O) groups is 2. The summed E-state index contributed by atoms with van der Waals surface area (Å²) < 4.78 is 5.87. The molecule has 0 atom stereocenters. The molecule has 1 aliphatic rings. The molecule has 0 N–H and O–H groups in total. The second-order valence-corrected chi connectivity index (χ2v) is 9.49. The first-order valence-corrected chi connectivity index (χ1v) is 12.0. The first kappa shape index (κ1) is 25.7. The van der Waals surface area contributed by atoms with Gasteiger partial charge in [0.1, 0.15) is 5.76 Å². The van der Waals surface area contributed by atoms with E-state index in [4.69, 9.17) is 4.74 Å². The fraction of sp³-hybridized carbons (Fsp3) is 0.769. The molecule has 0 aromatic heterocycles. The highest BCUT2D eigenvalue weighted by Gasteiger charge is 2.29. The predicted molar refractivity (Wildman–Crippen MR) is 122 cm³/mol. The normalized spacial score (nSPS) is 14.8. The Balaban J connectivity index is 2.03. The molecule has 0 amide bonds. The van der Waals surface area contributed by atoms with Crippen molar-refractivity contribution < 1.29 is 14.3 Å². The van der Waals surface area contributed by atoms with Crippen molar-refractivity contribution in [2.24, 2.45) is 5.41 Å². The zero-order valence-electron chi connectivity index (χ0n) is 19.5. The van der Waals surface area contributed by atoms with Crippen LogP contribution in [0.4, 0.5) is 0 Å². The van der Waals surface area contributed by atoms with Gasteiger partial charge in [-0.15, -0.1) is 0 Å². The summed E-state index contributed by atoms with van der Waals surface area (Å²) in [4.78, 5) is 23.4. The standard InChI is InChI=1S/C26H44O3/c1-5-6-7-8-9-10-11-12-13-14-15-16-17-18-19-29-25-21-24(28)23(27)20-22(25)26(2,3)4/h20-21H,5-19H2,1-4H3. The molecule has 0 heterocycles. The largest absolute Gasteiger partial charge is 0.493 e. The molecule has 0 saturated carbocycles. The van der Waals surface area contributed by atoms with Gasteiger partial charge in [-0.05, 0) is 17.9 Å². The second-order valence-electron chi connectivity index (χ2n) is 9.49. The Morgan fingerprint density at radius 2 is 1.07 bits per heavy atom. The molecular weight excluding hydrogens is 360 g/mol. The van der Waals surface area contributed by atoms with Crippen LogP contribution in [0.15, 0.2) is 23.5 Å². The van der Waals surface area contributed by atoms with Gasteiger partial charge in [0.15, 0.2) is 0 Å². The Bertz CT molecular complexity index is 549. The smallest absolute Gasteiger partial charge is 0.229 e. The van der Waals surface area contributed by atoms with E-state index in [0.29, 0.717) is 12.4 Å². The number of hydrogen-bond donors (Lipinski definition) is 0. The monoisotopic (exact) mass is 404 g/mol. The van der Waals surface area contributed by atoms with Crippen molar-refractivity contribution in [3.63, 3.8) is 0 Å². The average molecular weight is 405 g/mol. The molecule has 0 radical (unpaired) electrons. The van der Waals surface area contributed by atoms with Crippen LogP contribution in [0.1, 0.15) is 118 Å². The fourth-order valence-electron chi connectivity index (χ4n) is 3.73. The number of allylic oxidation sites excluding steroid dienone is 3. The van der Waals surface area contributed by atoms with E-state index in [-0.39, 0.29) is 5.41 Å². The van der Waals surface area contributed by atoms with Crippen molar-refractivity contribution in [2.75, 3.05) is 6.61 Å². The summed E-state index contributed by atoms with van der Waals surface area (Å²) in [5, 5.41) is 0. The molecule has 0 spiro atoms. The van der Waals surface area contributed by atoms with Crippen molar-refractivity contribution in [1.29, 1.82) is 0 Å². The molecule has 1 rings (SSSR count). The van der Waals surface area contributed by atoms with Crippen molar-refractivity contribution in [1.82, 2.24) is 0 Å². The molecule has 0 fully saturated rings. The number of carbonyl (C=O) groups excluding carboxylic acids is 2. The lowest BCUT2D eigenvalue weighted by atomic mass is 9.82. The minimum absolute atomic E-state index is 0.211. The Hall–Kier alpha value is -1.38. The zero-order chi connectivity index (χ0) is 21.5. The Labute approximate surface area is 179 Å². The molecule has 0 saturated heterocycles. The summed E-state index contributed by atoms with van der Waals surface area (Å²) in [5.74, 6) is -0.343. The SMILES string of the molecule is CCCCCCCCCCCCCCCCOC1=CC(=O)C(=O)C=C1C(C)(C)C. The first-order valence-electron chi connectivity index (χ1n) is 12.0. The average Bonchev–Trinajstić information content (AvgIpc) is 2.66. The third-order valence-electron chi connectivity index (χ3n) is 5.61. The topological polar surface area (TPSA) is 43.4 Å². The lowest BCUT2D eigenvalue weighted by Crippen LogP contribution is -2.23. The predicted octanol–water partition coefficient (Wildman–Crippen LogP) is 7.49. The van der Waals surface area contributed by atoms with Gasteiger partial charge >= 0.3 is 0 Å². The van der Waals surface area contributed by atoms with Crippen LogP contribution in [0.3, 0.4) is 0 Å². The summed E-state index contributed by atoms with van der Waals surface area (Å²) in [5.41, 5.74) is 0.616. The van der Waals surface area contributed by atoms with Crippen LogP contribution in [0.5, 0.6) is 0 Å². The van der Waals surface area contributed by atoms with Crippen LogP contribution in [0, 0.1) is 5.41 Å². The van der Waals surface area contributed by atoms with Crippen LogP contribution < -0.4 is 0 Å². The van der Waals surface area contributed by atoms with Gasteiger partial charge < -0.3 is 4.74 Å². The minimum atomic E-state index is -0.478. The van der Waals surface area contributed by atoms with Gasteiger partial charge in [-0.25, -0.2) is 0 Å². The van der Waals surface area contributed by atoms with Crippen LogP contribution >= 0.6 is 0 Å². The maximum absolute atomic E-state index is 11.7. The van der Waals surface area contributed by atoms with Crippen molar-refractivity contribution in [2.45, 2.75) is 118 Å². The minimum Gasteiger partial charge on any atom is -0.493 e. The highest BCUT2D eigenvalue weighted by atomic mass is 16.5. The Morgan fingerprint density at radius 1 is 0.655 bits per heavy atom. The van der Waals surface area contributed by atoms with E-state index in [9.17, 15) is 9.59 Å². The summed E-state index contributed by atoms with van der Waals surface area (Å²) in [7, 11) is 0. The molecule has 1 aliphatic carbocycles. The van der Waals surface area contributed by atoms with Gasteiger partial charge in [0.25, 0.3) is 0 Å². The third kappa shape index (κ3) is 11.4. The van der Waals surface area contributed by atoms with Crippen LogP contribution in [0.25, 0.3) is 0 Å². The van der Waals surface area contributed by atoms with E-state index in [1.165, 1.54) is 89.2 Å². The van der Waals surface area contributed by atoms with Gasteiger partial charge in [-0.2, -0.15) is 0 Å².